The molecule has 3 nitrogen and oxygen atoms in total. The first-order chi connectivity index (χ1) is 8.20. The molecule has 0 bridgehead atoms. The average Bonchev–Trinajstić information content (AvgIpc) is 2.79. The average molecular weight is 320 g/mol. The standard InChI is InChI=1S/C11H9BrClFN2O/c12-8-6-7(3-4-9(8)14)11-16-15-10(17-11)2-1-5-13/h3-4,6H,1-2,5H2. The lowest BCUT2D eigenvalue weighted by Gasteiger charge is -1.97. The van der Waals surface area contributed by atoms with Gasteiger partial charge in [-0.3, -0.25) is 0 Å². The van der Waals surface area contributed by atoms with Gasteiger partial charge in [0.15, 0.2) is 0 Å². The van der Waals surface area contributed by atoms with E-state index in [-0.39, 0.29) is 5.82 Å². The molecule has 17 heavy (non-hydrogen) atoms. The molecule has 0 unspecified atom stereocenters. The van der Waals surface area contributed by atoms with Gasteiger partial charge < -0.3 is 4.42 Å². The summed E-state index contributed by atoms with van der Waals surface area (Å²) in [6.45, 7) is 0. The number of benzene rings is 1. The third kappa shape index (κ3) is 3.04. The van der Waals surface area contributed by atoms with Crippen molar-refractivity contribution in [3.05, 3.63) is 34.4 Å². The molecule has 2 rings (SSSR count). The monoisotopic (exact) mass is 318 g/mol. The Morgan fingerprint density at radius 3 is 2.88 bits per heavy atom. The Balaban J connectivity index is 2.21. The summed E-state index contributed by atoms with van der Waals surface area (Å²) < 4.78 is 18.9. The number of nitrogens with zero attached hydrogens (tertiary/aromatic N) is 2. The molecule has 1 aromatic heterocycles. The zero-order chi connectivity index (χ0) is 12.3. The minimum atomic E-state index is -0.323. The summed E-state index contributed by atoms with van der Waals surface area (Å²) in [5, 5.41) is 7.80. The number of aryl methyl sites for hydroxylation is 1. The van der Waals surface area contributed by atoms with Crippen molar-refractivity contribution in [1.29, 1.82) is 0 Å². The van der Waals surface area contributed by atoms with Gasteiger partial charge in [-0.25, -0.2) is 4.39 Å². The van der Waals surface area contributed by atoms with Crippen LogP contribution in [0.3, 0.4) is 0 Å². The number of alkyl halides is 1. The maximum atomic E-state index is 13.1. The van der Waals surface area contributed by atoms with Crippen LogP contribution >= 0.6 is 27.5 Å². The second-order valence-electron chi connectivity index (χ2n) is 3.42. The van der Waals surface area contributed by atoms with E-state index >= 15 is 0 Å². The van der Waals surface area contributed by atoms with Crippen LogP contribution in [-0.2, 0) is 6.42 Å². The van der Waals surface area contributed by atoms with Gasteiger partial charge in [0.05, 0.1) is 4.47 Å². The highest BCUT2D eigenvalue weighted by atomic mass is 79.9. The predicted molar refractivity (Wildman–Crippen MR) is 66.4 cm³/mol. The van der Waals surface area contributed by atoms with Gasteiger partial charge in [-0.15, -0.1) is 21.8 Å². The number of rotatable bonds is 4. The highest BCUT2D eigenvalue weighted by molar-refractivity contribution is 9.10. The number of hydrogen-bond donors (Lipinski definition) is 0. The van der Waals surface area contributed by atoms with Crippen LogP contribution in [0.2, 0.25) is 0 Å². The zero-order valence-electron chi connectivity index (χ0n) is 8.79. The van der Waals surface area contributed by atoms with Crippen molar-refractivity contribution < 1.29 is 8.81 Å². The van der Waals surface area contributed by atoms with E-state index in [4.69, 9.17) is 16.0 Å². The fourth-order valence-electron chi connectivity index (χ4n) is 1.32. The van der Waals surface area contributed by atoms with Gasteiger partial charge in [0.1, 0.15) is 5.82 Å². The Hall–Kier alpha value is -0.940. The minimum absolute atomic E-state index is 0.323. The summed E-state index contributed by atoms with van der Waals surface area (Å²) in [6.07, 6.45) is 1.44. The Bertz CT molecular complexity index is 518. The van der Waals surface area contributed by atoms with Crippen LogP contribution < -0.4 is 0 Å². The van der Waals surface area contributed by atoms with E-state index < -0.39 is 0 Å². The van der Waals surface area contributed by atoms with Crippen LogP contribution in [0.15, 0.2) is 27.1 Å². The lowest BCUT2D eigenvalue weighted by molar-refractivity contribution is 0.502. The lowest BCUT2D eigenvalue weighted by Crippen LogP contribution is -1.85. The molecular formula is C11H9BrClFN2O. The molecule has 0 aliphatic rings. The van der Waals surface area contributed by atoms with Crippen molar-refractivity contribution in [2.75, 3.05) is 5.88 Å². The van der Waals surface area contributed by atoms with Gasteiger partial charge in [-0.2, -0.15) is 0 Å². The van der Waals surface area contributed by atoms with E-state index in [0.29, 0.717) is 34.1 Å². The molecule has 0 fully saturated rings. The Morgan fingerprint density at radius 1 is 1.35 bits per heavy atom. The SMILES string of the molecule is Fc1ccc(-c2nnc(CCCCl)o2)cc1Br. The minimum Gasteiger partial charge on any atom is -0.421 e. The summed E-state index contributed by atoms with van der Waals surface area (Å²) in [6, 6.07) is 4.55. The fraction of sp³-hybridized carbons (Fsp3) is 0.273. The third-order valence-electron chi connectivity index (χ3n) is 2.16. The second-order valence-corrected chi connectivity index (χ2v) is 4.65. The summed E-state index contributed by atoms with van der Waals surface area (Å²) in [7, 11) is 0. The van der Waals surface area contributed by atoms with E-state index in [1.165, 1.54) is 6.07 Å². The van der Waals surface area contributed by atoms with Crippen LogP contribution in [-0.4, -0.2) is 16.1 Å². The molecule has 0 aliphatic carbocycles. The number of halogens is 3. The first kappa shape index (κ1) is 12.5. The molecule has 1 aromatic carbocycles. The summed E-state index contributed by atoms with van der Waals surface area (Å²) in [5.41, 5.74) is 0.683. The highest BCUT2D eigenvalue weighted by Crippen LogP contribution is 2.24. The molecule has 0 saturated heterocycles. The molecule has 0 saturated carbocycles. The molecule has 1 heterocycles. The van der Waals surface area contributed by atoms with Gasteiger partial charge in [-0.1, -0.05) is 0 Å². The van der Waals surface area contributed by atoms with Crippen LogP contribution in [0.5, 0.6) is 0 Å². The van der Waals surface area contributed by atoms with Crippen molar-refractivity contribution in [3.63, 3.8) is 0 Å². The van der Waals surface area contributed by atoms with Crippen LogP contribution in [0.4, 0.5) is 4.39 Å². The number of hydrogen-bond acceptors (Lipinski definition) is 3. The quantitative estimate of drug-likeness (QED) is 0.804. The van der Waals surface area contributed by atoms with Crippen molar-refractivity contribution in [2.45, 2.75) is 12.8 Å². The van der Waals surface area contributed by atoms with E-state index in [0.717, 1.165) is 6.42 Å². The normalized spacial score (nSPS) is 10.8. The van der Waals surface area contributed by atoms with Crippen LogP contribution in [0, 0.1) is 5.82 Å². The maximum Gasteiger partial charge on any atom is 0.247 e. The molecule has 0 radical (unpaired) electrons. The highest BCUT2D eigenvalue weighted by Gasteiger charge is 2.10. The Morgan fingerprint density at radius 2 is 2.18 bits per heavy atom. The van der Waals surface area contributed by atoms with E-state index in [1.54, 1.807) is 12.1 Å². The maximum absolute atomic E-state index is 13.1. The predicted octanol–water partition coefficient (Wildman–Crippen LogP) is 3.81. The first-order valence-electron chi connectivity index (χ1n) is 5.04. The molecule has 2 aromatic rings. The van der Waals surface area contributed by atoms with Gasteiger partial charge in [0.2, 0.25) is 11.8 Å². The molecule has 0 amide bonds. The zero-order valence-corrected chi connectivity index (χ0v) is 11.1. The van der Waals surface area contributed by atoms with Crippen molar-refractivity contribution in [3.8, 4) is 11.5 Å². The molecule has 0 aliphatic heterocycles. The Kier molecular flexibility index (Phi) is 4.12. The Labute approximate surface area is 111 Å². The van der Waals surface area contributed by atoms with E-state index in [9.17, 15) is 4.39 Å². The lowest BCUT2D eigenvalue weighted by atomic mass is 10.2. The fourth-order valence-corrected chi connectivity index (χ4v) is 1.83. The van der Waals surface area contributed by atoms with E-state index in [1.807, 2.05) is 0 Å². The molecule has 6 heteroatoms. The molecule has 90 valence electrons. The smallest absolute Gasteiger partial charge is 0.247 e. The van der Waals surface area contributed by atoms with E-state index in [2.05, 4.69) is 26.1 Å². The molecule has 0 spiro atoms. The molecule has 0 atom stereocenters. The van der Waals surface area contributed by atoms with Gasteiger partial charge in [0, 0.05) is 17.9 Å². The molecule has 0 N–H and O–H groups in total. The second kappa shape index (κ2) is 5.60. The summed E-state index contributed by atoms with van der Waals surface area (Å²) in [4.78, 5) is 0. The van der Waals surface area contributed by atoms with Gasteiger partial charge in [0.25, 0.3) is 0 Å². The third-order valence-corrected chi connectivity index (χ3v) is 3.03. The summed E-state index contributed by atoms with van der Waals surface area (Å²) in [5.74, 6) is 1.16. The largest absolute Gasteiger partial charge is 0.421 e. The van der Waals surface area contributed by atoms with Crippen molar-refractivity contribution in [2.24, 2.45) is 0 Å². The van der Waals surface area contributed by atoms with Gasteiger partial charge >= 0.3 is 0 Å². The van der Waals surface area contributed by atoms with Crippen LogP contribution in [0.1, 0.15) is 12.3 Å². The topological polar surface area (TPSA) is 38.9 Å². The first-order valence-corrected chi connectivity index (χ1v) is 6.37. The van der Waals surface area contributed by atoms with Crippen molar-refractivity contribution in [1.82, 2.24) is 10.2 Å². The van der Waals surface area contributed by atoms with Crippen LogP contribution in [0.25, 0.3) is 11.5 Å². The summed E-state index contributed by atoms with van der Waals surface area (Å²) >= 11 is 8.69. The van der Waals surface area contributed by atoms with Crippen molar-refractivity contribution >= 4 is 27.5 Å². The molecular weight excluding hydrogens is 310 g/mol. The number of aromatic nitrogens is 2. The van der Waals surface area contributed by atoms with Gasteiger partial charge in [-0.05, 0) is 40.5 Å².